The van der Waals surface area contributed by atoms with E-state index in [1.54, 1.807) is 0 Å². The van der Waals surface area contributed by atoms with Gasteiger partial charge >= 0.3 is 0 Å². The van der Waals surface area contributed by atoms with Crippen LogP contribution in [0.25, 0.3) is 0 Å². The minimum absolute atomic E-state index is 0.496. The van der Waals surface area contributed by atoms with E-state index in [0.29, 0.717) is 0 Å². The molecule has 0 bridgehead atoms. The van der Waals surface area contributed by atoms with Crippen LogP contribution >= 0.6 is 0 Å². The summed E-state index contributed by atoms with van der Waals surface area (Å²) in [5.74, 6) is 0.771. The zero-order valence-electron chi connectivity index (χ0n) is 10.1. The number of rotatable bonds is 6. The lowest BCUT2D eigenvalue weighted by molar-refractivity contribution is 0.0317. The molecule has 1 unspecified atom stereocenters. The molecule has 0 aromatic rings. The first-order valence-electron chi connectivity index (χ1n) is 6.28. The predicted molar refractivity (Wildman–Crippen MR) is 64.9 cm³/mol. The maximum absolute atomic E-state index is 10.1. The Balaban J connectivity index is 2.17. The van der Waals surface area contributed by atoms with Crippen molar-refractivity contribution < 1.29 is 5.11 Å². The van der Waals surface area contributed by atoms with Crippen LogP contribution in [0.2, 0.25) is 0 Å². The highest BCUT2D eigenvalue weighted by molar-refractivity contribution is 4.91. The molecule has 1 aliphatic rings. The van der Waals surface area contributed by atoms with E-state index in [1.165, 1.54) is 19.3 Å². The van der Waals surface area contributed by atoms with Gasteiger partial charge in [-0.2, -0.15) is 0 Å². The molecular formula is C13H25NO. The number of aliphatic hydroxyl groups is 1. The predicted octanol–water partition coefficient (Wildman–Crippen LogP) is 2.48. The summed E-state index contributed by atoms with van der Waals surface area (Å²) < 4.78 is 0. The van der Waals surface area contributed by atoms with Crippen LogP contribution in [0, 0.1) is 5.92 Å². The second kappa shape index (κ2) is 6.29. The van der Waals surface area contributed by atoms with Crippen LogP contribution in [-0.4, -0.2) is 23.8 Å². The van der Waals surface area contributed by atoms with Crippen molar-refractivity contribution in [3.05, 3.63) is 12.2 Å². The molecule has 1 aliphatic carbocycles. The molecule has 2 heteroatoms. The van der Waals surface area contributed by atoms with Crippen molar-refractivity contribution in [2.24, 2.45) is 5.92 Å². The third-order valence-electron chi connectivity index (χ3n) is 3.58. The van der Waals surface area contributed by atoms with Crippen molar-refractivity contribution in [3.8, 4) is 0 Å². The molecule has 0 aromatic heterocycles. The summed E-state index contributed by atoms with van der Waals surface area (Å²) in [4.78, 5) is 0. The Labute approximate surface area is 93.8 Å². The summed E-state index contributed by atoms with van der Waals surface area (Å²) >= 11 is 0. The largest absolute Gasteiger partial charge is 0.389 e. The van der Waals surface area contributed by atoms with Gasteiger partial charge in [-0.3, -0.25) is 0 Å². The molecule has 1 rings (SSSR count). The lowest BCUT2D eigenvalue weighted by Gasteiger charge is -2.27. The Bertz CT molecular complexity index is 197. The first-order valence-corrected chi connectivity index (χ1v) is 6.28. The molecule has 0 fully saturated rings. The van der Waals surface area contributed by atoms with Crippen molar-refractivity contribution in [3.63, 3.8) is 0 Å². The Morgan fingerprint density at radius 2 is 2.07 bits per heavy atom. The SMILES string of the molecule is CCC(O)(CC)CNCC1CC=CCC1. The number of hydrogen-bond acceptors (Lipinski definition) is 2. The number of hydrogen-bond donors (Lipinski definition) is 2. The average Bonchev–Trinajstić information content (AvgIpc) is 2.30. The summed E-state index contributed by atoms with van der Waals surface area (Å²) in [6, 6.07) is 0. The van der Waals surface area contributed by atoms with E-state index < -0.39 is 5.60 Å². The van der Waals surface area contributed by atoms with E-state index in [2.05, 4.69) is 31.3 Å². The molecule has 0 spiro atoms. The highest BCUT2D eigenvalue weighted by atomic mass is 16.3. The molecule has 0 aliphatic heterocycles. The molecule has 0 radical (unpaired) electrons. The van der Waals surface area contributed by atoms with E-state index in [-0.39, 0.29) is 0 Å². The van der Waals surface area contributed by atoms with Crippen LogP contribution in [0.5, 0.6) is 0 Å². The van der Waals surface area contributed by atoms with Gasteiger partial charge in [-0.15, -0.1) is 0 Å². The number of nitrogens with one attached hydrogen (secondary N) is 1. The smallest absolute Gasteiger partial charge is 0.0766 e. The molecular weight excluding hydrogens is 186 g/mol. The highest BCUT2D eigenvalue weighted by Crippen LogP contribution is 2.18. The second-order valence-electron chi connectivity index (χ2n) is 4.71. The van der Waals surface area contributed by atoms with Crippen LogP contribution in [-0.2, 0) is 0 Å². The van der Waals surface area contributed by atoms with Gasteiger partial charge in [0, 0.05) is 6.54 Å². The van der Waals surface area contributed by atoms with E-state index in [4.69, 9.17) is 0 Å². The van der Waals surface area contributed by atoms with Crippen LogP contribution < -0.4 is 5.32 Å². The van der Waals surface area contributed by atoms with Crippen molar-refractivity contribution in [1.29, 1.82) is 0 Å². The minimum atomic E-state index is -0.496. The van der Waals surface area contributed by atoms with E-state index in [1.807, 2.05) is 0 Å². The van der Waals surface area contributed by atoms with Crippen molar-refractivity contribution in [1.82, 2.24) is 5.32 Å². The molecule has 2 N–H and O–H groups in total. The normalized spacial score (nSPS) is 21.9. The number of allylic oxidation sites excluding steroid dienone is 2. The monoisotopic (exact) mass is 211 g/mol. The highest BCUT2D eigenvalue weighted by Gasteiger charge is 2.21. The molecule has 2 nitrogen and oxygen atoms in total. The molecule has 0 amide bonds. The lowest BCUT2D eigenvalue weighted by atomic mass is 9.93. The zero-order valence-corrected chi connectivity index (χ0v) is 10.1. The molecule has 0 aromatic carbocycles. The molecule has 15 heavy (non-hydrogen) atoms. The Hall–Kier alpha value is -0.340. The van der Waals surface area contributed by atoms with Gasteiger partial charge in [0.25, 0.3) is 0 Å². The van der Waals surface area contributed by atoms with Gasteiger partial charge in [0.15, 0.2) is 0 Å². The van der Waals surface area contributed by atoms with E-state index in [0.717, 1.165) is 31.8 Å². The van der Waals surface area contributed by atoms with Crippen LogP contribution in [0.4, 0.5) is 0 Å². The molecule has 1 atom stereocenters. The van der Waals surface area contributed by atoms with Crippen LogP contribution in [0.15, 0.2) is 12.2 Å². The summed E-state index contributed by atoms with van der Waals surface area (Å²) in [6.45, 7) is 5.88. The van der Waals surface area contributed by atoms with Crippen molar-refractivity contribution in [2.75, 3.05) is 13.1 Å². The fourth-order valence-corrected chi connectivity index (χ4v) is 2.05. The van der Waals surface area contributed by atoms with Gasteiger partial charge in [-0.05, 0) is 44.6 Å². The minimum Gasteiger partial charge on any atom is -0.389 e. The molecule has 0 heterocycles. The topological polar surface area (TPSA) is 32.3 Å². The summed E-state index contributed by atoms with van der Waals surface area (Å²) in [5, 5.41) is 13.5. The maximum atomic E-state index is 10.1. The van der Waals surface area contributed by atoms with E-state index in [9.17, 15) is 5.11 Å². The van der Waals surface area contributed by atoms with Crippen LogP contribution in [0.1, 0.15) is 46.0 Å². The maximum Gasteiger partial charge on any atom is 0.0766 e. The molecule has 88 valence electrons. The molecule has 0 saturated heterocycles. The zero-order chi connectivity index (χ0) is 11.1. The Kier molecular flexibility index (Phi) is 5.34. The van der Waals surface area contributed by atoms with Gasteiger partial charge in [-0.1, -0.05) is 26.0 Å². The molecule has 0 saturated carbocycles. The van der Waals surface area contributed by atoms with Gasteiger partial charge in [-0.25, -0.2) is 0 Å². The van der Waals surface area contributed by atoms with Crippen molar-refractivity contribution in [2.45, 2.75) is 51.6 Å². The fourth-order valence-electron chi connectivity index (χ4n) is 2.05. The first-order chi connectivity index (χ1) is 7.20. The second-order valence-corrected chi connectivity index (χ2v) is 4.71. The van der Waals surface area contributed by atoms with Crippen LogP contribution in [0.3, 0.4) is 0 Å². The Morgan fingerprint density at radius 3 is 2.60 bits per heavy atom. The summed E-state index contributed by atoms with van der Waals surface area (Å²) in [7, 11) is 0. The third kappa shape index (κ3) is 4.35. The van der Waals surface area contributed by atoms with Gasteiger partial charge in [0.05, 0.1) is 5.60 Å². The van der Waals surface area contributed by atoms with Crippen molar-refractivity contribution >= 4 is 0 Å². The van der Waals surface area contributed by atoms with Gasteiger partial charge < -0.3 is 10.4 Å². The van der Waals surface area contributed by atoms with Gasteiger partial charge in [0.1, 0.15) is 0 Å². The Morgan fingerprint density at radius 1 is 1.33 bits per heavy atom. The first kappa shape index (κ1) is 12.7. The fraction of sp³-hybridized carbons (Fsp3) is 0.846. The standard InChI is InChI=1S/C13H25NO/c1-3-13(15,4-2)11-14-10-12-8-6-5-7-9-12/h5-6,12,14-15H,3-4,7-11H2,1-2H3. The average molecular weight is 211 g/mol. The summed E-state index contributed by atoms with van der Waals surface area (Å²) in [5.41, 5.74) is -0.496. The van der Waals surface area contributed by atoms with E-state index >= 15 is 0 Å². The summed E-state index contributed by atoms with van der Waals surface area (Å²) in [6.07, 6.45) is 9.93. The lowest BCUT2D eigenvalue weighted by Crippen LogP contribution is -2.41. The van der Waals surface area contributed by atoms with Gasteiger partial charge in [0.2, 0.25) is 0 Å². The quantitative estimate of drug-likeness (QED) is 0.662. The third-order valence-corrected chi connectivity index (χ3v) is 3.58.